The molecule has 0 spiro atoms. The molecule has 0 bridgehead atoms. The number of nitrogens with zero attached hydrogens (tertiary/aromatic N) is 2. The number of ether oxygens (including phenoxy) is 2. The van der Waals surface area contributed by atoms with Gasteiger partial charge in [-0.25, -0.2) is 4.31 Å². The molecular formula is C22H29N3O5S. The lowest BCUT2D eigenvalue weighted by Gasteiger charge is -2.29. The first-order valence-electron chi connectivity index (χ1n) is 10.1. The molecule has 1 atom stereocenters. The fourth-order valence-corrected chi connectivity index (χ4v) is 4.43. The van der Waals surface area contributed by atoms with Crippen molar-refractivity contribution in [3.8, 4) is 11.5 Å². The summed E-state index contributed by atoms with van der Waals surface area (Å²) in [6, 6.07) is 10.7. The van der Waals surface area contributed by atoms with Gasteiger partial charge in [-0.15, -0.1) is 0 Å². The molecule has 0 radical (unpaired) electrons. The highest BCUT2D eigenvalue weighted by Gasteiger charge is 2.29. The first-order valence-corrected chi connectivity index (χ1v) is 11.5. The molecule has 168 valence electrons. The SMILES string of the molecule is Cc1ccc(C)c(N(CC(=O)N[C@H](C)c2ccc3c(c2)OCCO3)S(=O)(=O)N(C)C)c1. The van der Waals surface area contributed by atoms with Gasteiger partial charge in [0.15, 0.2) is 11.5 Å². The number of benzene rings is 2. The van der Waals surface area contributed by atoms with E-state index in [9.17, 15) is 13.2 Å². The Hall–Kier alpha value is -2.78. The Morgan fingerprint density at radius 3 is 2.42 bits per heavy atom. The molecule has 31 heavy (non-hydrogen) atoms. The van der Waals surface area contributed by atoms with E-state index in [2.05, 4.69) is 5.32 Å². The zero-order chi connectivity index (χ0) is 22.8. The van der Waals surface area contributed by atoms with Crippen LogP contribution in [0.5, 0.6) is 11.5 Å². The normalized spacial score (nSPS) is 14.3. The fraction of sp³-hybridized carbons (Fsp3) is 0.409. The van der Waals surface area contributed by atoms with Gasteiger partial charge in [0.2, 0.25) is 5.91 Å². The lowest BCUT2D eigenvalue weighted by atomic mass is 10.1. The summed E-state index contributed by atoms with van der Waals surface area (Å²) >= 11 is 0. The number of aryl methyl sites for hydroxylation is 2. The van der Waals surface area contributed by atoms with Crippen LogP contribution in [0.25, 0.3) is 0 Å². The molecule has 3 rings (SSSR count). The van der Waals surface area contributed by atoms with Crippen LogP contribution in [0.2, 0.25) is 0 Å². The van der Waals surface area contributed by atoms with Gasteiger partial charge < -0.3 is 14.8 Å². The molecular weight excluding hydrogens is 418 g/mol. The summed E-state index contributed by atoms with van der Waals surface area (Å²) in [7, 11) is -0.974. The van der Waals surface area contributed by atoms with E-state index < -0.39 is 16.1 Å². The highest BCUT2D eigenvalue weighted by Crippen LogP contribution is 2.32. The van der Waals surface area contributed by atoms with E-state index in [4.69, 9.17) is 9.47 Å². The number of carbonyl (C=O) groups excluding carboxylic acids is 1. The number of hydrogen-bond donors (Lipinski definition) is 1. The zero-order valence-electron chi connectivity index (χ0n) is 18.5. The Bertz CT molecular complexity index is 1070. The Kier molecular flexibility index (Phi) is 6.76. The van der Waals surface area contributed by atoms with Crippen molar-refractivity contribution in [2.45, 2.75) is 26.8 Å². The van der Waals surface area contributed by atoms with E-state index in [1.807, 2.05) is 51.1 Å². The van der Waals surface area contributed by atoms with E-state index in [1.54, 1.807) is 6.07 Å². The molecule has 9 heteroatoms. The van der Waals surface area contributed by atoms with Crippen LogP contribution in [0.3, 0.4) is 0 Å². The van der Waals surface area contributed by atoms with Gasteiger partial charge in [-0.1, -0.05) is 18.2 Å². The van der Waals surface area contributed by atoms with Crippen LogP contribution in [-0.4, -0.2) is 52.5 Å². The van der Waals surface area contributed by atoms with Crippen molar-refractivity contribution in [1.82, 2.24) is 9.62 Å². The van der Waals surface area contributed by atoms with Crippen LogP contribution < -0.4 is 19.1 Å². The van der Waals surface area contributed by atoms with Gasteiger partial charge >= 0.3 is 10.2 Å². The lowest BCUT2D eigenvalue weighted by Crippen LogP contribution is -2.46. The minimum absolute atomic E-state index is 0.334. The quantitative estimate of drug-likeness (QED) is 0.705. The van der Waals surface area contributed by atoms with Crippen molar-refractivity contribution in [3.63, 3.8) is 0 Å². The summed E-state index contributed by atoms with van der Waals surface area (Å²) in [4.78, 5) is 12.9. The van der Waals surface area contributed by atoms with Crippen LogP contribution in [0, 0.1) is 13.8 Å². The maximum atomic E-state index is 13.0. The molecule has 0 aromatic heterocycles. The minimum atomic E-state index is -3.87. The Balaban J connectivity index is 1.81. The third-order valence-electron chi connectivity index (χ3n) is 5.10. The van der Waals surface area contributed by atoms with E-state index in [1.165, 1.54) is 14.1 Å². The summed E-state index contributed by atoms with van der Waals surface area (Å²) < 4.78 is 39.4. The van der Waals surface area contributed by atoms with Crippen molar-refractivity contribution in [2.24, 2.45) is 0 Å². The van der Waals surface area contributed by atoms with Gasteiger partial charge in [0.05, 0.1) is 11.7 Å². The molecule has 1 aliphatic heterocycles. The van der Waals surface area contributed by atoms with Crippen molar-refractivity contribution >= 4 is 21.8 Å². The molecule has 0 unspecified atom stereocenters. The van der Waals surface area contributed by atoms with Crippen LogP contribution in [-0.2, 0) is 15.0 Å². The smallest absolute Gasteiger partial charge is 0.304 e. The molecule has 2 aromatic rings. The molecule has 1 amide bonds. The molecule has 8 nitrogen and oxygen atoms in total. The van der Waals surface area contributed by atoms with Crippen LogP contribution >= 0.6 is 0 Å². The maximum absolute atomic E-state index is 13.0. The van der Waals surface area contributed by atoms with Gasteiger partial charge in [-0.3, -0.25) is 4.79 Å². The number of fused-ring (bicyclic) bond motifs is 1. The molecule has 2 aromatic carbocycles. The summed E-state index contributed by atoms with van der Waals surface area (Å²) in [5.74, 6) is 0.900. The van der Waals surface area contributed by atoms with Gasteiger partial charge in [-0.05, 0) is 55.7 Å². The Labute approximate surface area is 183 Å². The average Bonchev–Trinajstić information content (AvgIpc) is 2.73. The van der Waals surface area contributed by atoms with Gasteiger partial charge in [0, 0.05) is 14.1 Å². The average molecular weight is 448 g/mol. The Morgan fingerprint density at radius 2 is 1.74 bits per heavy atom. The van der Waals surface area contributed by atoms with E-state index in [0.29, 0.717) is 30.4 Å². The van der Waals surface area contributed by atoms with Crippen molar-refractivity contribution in [3.05, 3.63) is 53.1 Å². The van der Waals surface area contributed by atoms with Crippen LogP contribution in [0.4, 0.5) is 5.69 Å². The summed E-state index contributed by atoms with van der Waals surface area (Å²) in [6.07, 6.45) is 0. The van der Waals surface area contributed by atoms with Gasteiger partial charge in [-0.2, -0.15) is 12.7 Å². The second-order valence-electron chi connectivity index (χ2n) is 7.78. The molecule has 0 aliphatic carbocycles. The Morgan fingerprint density at radius 1 is 1.06 bits per heavy atom. The number of anilines is 1. The minimum Gasteiger partial charge on any atom is -0.486 e. The molecule has 1 aliphatic rings. The standard InChI is InChI=1S/C22H29N3O5S/c1-15-6-7-16(2)19(12-15)25(31(27,28)24(4)5)14-22(26)23-17(3)18-8-9-20-21(13-18)30-11-10-29-20/h6-9,12-13,17H,10-11,14H2,1-5H3,(H,23,26)/t17-/m1/s1. The highest BCUT2D eigenvalue weighted by molar-refractivity contribution is 7.90. The lowest BCUT2D eigenvalue weighted by molar-refractivity contribution is -0.120. The predicted molar refractivity (Wildman–Crippen MR) is 120 cm³/mol. The van der Waals surface area contributed by atoms with Gasteiger partial charge in [0.25, 0.3) is 0 Å². The molecule has 0 saturated heterocycles. The van der Waals surface area contributed by atoms with Gasteiger partial charge in [0.1, 0.15) is 19.8 Å². The highest BCUT2D eigenvalue weighted by atomic mass is 32.2. The molecule has 0 saturated carbocycles. The van der Waals surface area contributed by atoms with Crippen molar-refractivity contribution < 1.29 is 22.7 Å². The number of hydrogen-bond acceptors (Lipinski definition) is 5. The topological polar surface area (TPSA) is 88.2 Å². The third kappa shape index (κ3) is 5.11. The summed E-state index contributed by atoms with van der Waals surface area (Å²) in [6.45, 7) is 6.19. The van der Waals surface area contributed by atoms with E-state index >= 15 is 0 Å². The largest absolute Gasteiger partial charge is 0.486 e. The first kappa shape index (κ1) is 22.9. The zero-order valence-corrected chi connectivity index (χ0v) is 19.3. The molecule has 0 fully saturated rings. The first-order chi connectivity index (χ1) is 14.6. The fourth-order valence-electron chi connectivity index (χ4n) is 3.31. The van der Waals surface area contributed by atoms with E-state index in [-0.39, 0.29) is 12.6 Å². The number of nitrogens with one attached hydrogen (secondary N) is 1. The summed E-state index contributed by atoms with van der Waals surface area (Å²) in [5.41, 5.74) is 3.00. The number of amides is 1. The van der Waals surface area contributed by atoms with Crippen molar-refractivity contribution in [1.29, 1.82) is 0 Å². The maximum Gasteiger partial charge on any atom is 0.304 e. The third-order valence-corrected chi connectivity index (χ3v) is 6.91. The van der Waals surface area contributed by atoms with Crippen LogP contribution in [0.15, 0.2) is 36.4 Å². The monoisotopic (exact) mass is 447 g/mol. The summed E-state index contributed by atoms with van der Waals surface area (Å²) in [5, 5.41) is 2.89. The van der Waals surface area contributed by atoms with Crippen molar-refractivity contribution in [2.75, 3.05) is 38.2 Å². The predicted octanol–water partition coefficient (Wildman–Crippen LogP) is 2.56. The number of carbonyl (C=O) groups is 1. The van der Waals surface area contributed by atoms with E-state index in [0.717, 1.165) is 25.3 Å². The second-order valence-corrected chi connectivity index (χ2v) is 9.85. The second kappa shape index (κ2) is 9.15. The number of rotatable bonds is 7. The molecule has 1 N–H and O–H groups in total. The molecule has 1 heterocycles. The van der Waals surface area contributed by atoms with Crippen LogP contribution in [0.1, 0.15) is 29.7 Å².